The molecule has 0 aliphatic rings. The highest BCUT2D eigenvalue weighted by Gasteiger charge is 2.20. The van der Waals surface area contributed by atoms with E-state index in [-0.39, 0.29) is 22.6 Å². The molecular weight excluding hydrogens is 438 g/mol. The molecule has 10 nitrogen and oxygen atoms in total. The standard InChI is InChI=1S/C11H9NO6S.C10H8N2O/c1-6-8-3-2-7(12(14)15)4-9(8)11(5-10(6)13)19(16,17)18;11-12-9-6-5-7-3-1-2-4-8(7)10(9)13/h2-5,13H,1H3,(H,16,17,18);1-6,11,13H. The number of aromatic hydroxyl groups is 2. The van der Waals surface area contributed by atoms with Gasteiger partial charge in [-0.25, -0.2) is 5.53 Å². The third-order valence-electron chi connectivity index (χ3n) is 4.81. The molecule has 0 spiro atoms. The molecule has 0 saturated heterocycles. The number of nitro benzene ring substituents is 1. The summed E-state index contributed by atoms with van der Waals surface area (Å²) in [5.74, 6) is -0.234. The number of fused-ring (bicyclic) bond motifs is 2. The van der Waals surface area contributed by atoms with E-state index in [9.17, 15) is 28.7 Å². The van der Waals surface area contributed by atoms with E-state index < -0.39 is 19.9 Å². The Morgan fingerprint density at radius 2 is 1.66 bits per heavy atom. The van der Waals surface area contributed by atoms with Crippen molar-refractivity contribution in [2.24, 2.45) is 5.11 Å². The van der Waals surface area contributed by atoms with Gasteiger partial charge in [-0.3, -0.25) is 14.7 Å². The fraction of sp³-hybridized carbons (Fsp3) is 0.0476. The molecule has 32 heavy (non-hydrogen) atoms. The van der Waals surface area contributed by atoms with Crippen LogP contribution in [0.3, 0.4) is 0 Å². The van der Waals surface area contributed by atoms with Crippen LogP contribution in [0.1, 0.15) is 5.56 Å². The van der Waals surface area contributed by atoms with E-state index in [1.807, 2.05) is 24.3 Å². The summed E-state index contributed by atoms with van der Waals surface area (Å²) >= 11 is 0. The van der Waals surface area contributed by atoms with Crippen LogP contribution in [0.5, 0.6) is 11.5 Å². The second-order valence-electron chi connectivity index (χ2n) is 6.75. The molecule has 0 heterocycles. The lowest BCUT2D eigenvalue weighted by molar-refractivity contribution is -0.384. The Kier molecular flexibility index (Phi) is 6.05. The number of phenols is 2. The van der Waals surface area contributed by atoms with Gasteiger partial charge in [-0.15, -0.1) is 0 Å². The Hall–Kier alpha value is -4.09. The average Bonchev–Trinajstić information content (AvgIpc) is 2.76. The maximum absolute atomic E-state index is 11.3. The van der Waals surface area contributed by atoms with Gasteiger partial charge in [-0.1, -0.05) is 30.3 Å². The van der Waals surface area contributed by atoms with Crippen LogP contribution in [0.15, 0.2) is 70.7 Å². The monoisotopic (exact) mass is 455 g/mol. The van der Waals surface area contributed by atoms with Gasteiger partial charge in [0.15, 0.2) is 5.75 Å². The van der Waals surface area contributed by atoms with Crippen LogP contribution < -0.4 is 0 Å². The van der Waals surface area contributed by atoms with E-state index in [1.54, 1.807) is 12.1 Å². The topological polar surface area (TPSA) is 174 Å². The van der Waals surface area contributed by atoms with Crippen LogP contribution in [0.4, 0.5) is 11.4 Å². The van der Waals surface area contributed by atoms with Crippen LogP contribution >= 0.6 is 0 Å². The summed E-state index contributed by atoms with van der Waals surface area (Å²) in [4.78, 5) is 9.47. The second-order valence-corrected chi connectivity index (χ2v) is 8.14. The van der Waals surface area contributed by atoms with E-state index in [0.29, 0.717) is 16.6 Å². The Labute approximate surface area is 181 Å². The third-order valence-corrected chi connectivity index (χ3v) is 5.71. The highest BCUT2D eigenvalue weighted by Crippen LogP contribution is 2.35. The normalized spacial score (nSPS) is 11.1. The van der Waals surface area contributed by atoms with Gasteiger partial charge in [0.2, 0.25) is 0 Å². The quantitative estimate of drug-likeness (QED) is 0.142. The lowest BCUT2D eigenvalue weighted by Crippen LogP contribution is -2.00. The molecule has 0 unspecified atom stereocenters. The van der Waals surface area contributed by atoms with E-state index >= 15 is 0 Å². The first-order chi connectivity index (χ1) is 15.0. The van der Waals surface area contributed by atoms with Crippen molar-refractivity contribution in [3.63, 3.8) is 0 Å². The first-order valence-corrected chi connectivity index (χ1v) is 10.4. The zero-order valence-electron chi connectivity index (χ0n) is 16.6. The van der Waals surface area contributed by atoms with Crippen molar-refractivity contribution in [3.05, 3.63) is 76.3 Å². The fourth-order valence-electron chi connectivity index (χ4n) is 3.17. The van der Waals surface area contributed by atoms with E-state index in [4.69, 9.17) is 10.1 Å². The molecule has 164 valence electrons. The summed E-state index contributed by atoms with van der Waals surface area (Å²) in [6.07, 6.45) is 0. The second kappa shape index (κ2) is 8.57. The predicted octanol–water partition coefficient (Wildman–Crippen LogP) is 5.22. The molecule has 4 aromatic carbocycles. The van der Waals surface area contributed by atoms with Gasteiger partial charge in [0.1, 0.15) is 16.3 Å². The van der Waals surface area contributed by atoms with Crippen LogP contribution in [0.25, 0.3) is 21.5 Å². The molecule has 0 radical (unpaired) electrons. The molecule has 0 atom stereocenters. The number of hydrogen-bond donors (Lipinski definition) is 4. The van der Waals surface area contributed by atoms with Crippen LogP contribution in [0.2, 0.25) is 0 Å². The number of nitrogens with one attached hydrogen (secondary N) is 1. The summed E-state index contributed by atoms with van der Waals surface area (Å²) < 4.78 is 31.7. The molecule has 0 aromatic heterocycles. The molecule has 0 aliphatic heterocycles. The summed E-state index contributed by atoms with van der Waals surface area (Å²) in [6, 6.07) is 15.4. The number of phenolic OH excluding ortho intramolecular Hbond substituents is 2. The van der Waals surface area contributed by atoms with Gasteiger partial charge in [0.25, 0.3) is 15.8 Å². The van der Waals surface area contributed by atoms with Crippen LogP contribution in [0, 0.1) is 22.6 Å². The smallest absolute Gasteiger partial charge is 0.295 e. The number of hydrogen-bond acceptors (Lipinski definition) is 8. The van der Waals surface area contributed by atoms with Crippen molar-refractivity contribution in [1.29, 1.82) is 5.53 Å². The molecule has 0 saturated carbocycles. The number of nitrogens with zero attached hydrogens (tertiary/aromatic N) is 2. The predicted molar refractivity (Wildman–Crippen MR) is 117 cm³/mol. The molecule has 4 aromatic rings. The SMILES string of the molecule is Cc1c(O)cc(S(=O)(=O)O)c2cc([N+](=O)[O-])ccc12.N=Nc1ccc2ccccc2c1O. The van der Waals surface area contributed by atoms with E-state index in [0.717, 1.165) is 22.9 Å². The van der Waals surface area contributed by atoms with E-state index in [1.165, 1.54) is 19.1 Å². The number of nitro groups is 1. The highest BCUT2D eigenvalue weighted by atomic mass is 32.2. The van der Waals surface area contributed by atoms with Crippen molar-refractivity contribution in [2.75, 3.05) is 0 Å². The first kappa shape index (κ1) is 22.6. The summed E-state index contributed by atoms with van der Waals surface area (Å²) in [5, 5.41) is 35.2. The summed E-state index contributed by atoms with van der Waals surface area (Å²) in [7, 11) is -4.59. The Morgan fingerprint density at radius 3 is 2.28 bits per heavy atom. The van der Waals surface area contributed by atoms with Gasteiger partial charge < -0.3 is 10.2 Å². The maximum atomic E-state index is 11.3. The Morgan fingerprint density at radius 1 is 0.969 bits per heavy atom. The molecule has 11 heteroatoms. The van der Waals surface area contributed by atoms with Crippen molar-refractivity contribution >= 4 is 43.0 Å². The van der Waals surface area contributed by atoms with Gasteiger partial charge in [-0.2, -0.15) is 13.5 Å². The minimum absolute atomic E-state index is 0.00741. The van der Waals surface area contributed by atoms with Gasteiger partial charge >= 0.3 is 0 Å². The molecule has 4 rings (SSSR count). The summed E-state index contributed by atoms with van der Waals surface area (Å²) in [5.41, 5.74) is 7.20. The number of rotatable bonds is 3. The number of non-ortho nitro benzene ring substituents is 1. The zero-order chi connectivity index (χ0) is 23.6. The van der Waals surface area contributed by atoms with Crippen molar-refractivity contribution in [3.8, 4) is 11.5 Å². The van der Waals surface area contributed by atoms with Gasteiger partial charge in [0.05, 0.1) is 4.92 Å². The van der Waals surface area contributed by atoms with Gasteiger partial charge in [-0.05, 0) is 35.4 Å². The minimum atomic E-state index is -4.59. The number of aryl methyl sites for hydroxylation is 1. The lowest BCUT2D eigenvalue weighted by Gasteiger charge is -2.08. The van der Waals surface area contributed by atoms with Crippen LogP contribution in [-0.2, 0) is 10.1 Å². The van der Waals surface area contributed by atoms with E-state index in [2.05, 4.69) is 5.11 Å². The molecule has 0 aliphatic carbocycles. The van der Waals surface area contributed by atoms with Gasteiger partial charge in [0, 0.05) is 29.0 Å². The third kappa shape index (κ3) is 4.33. The molecule has 0 amide bonds. The minimum Gasteiger partial charge on any atom is -0.508 e. The molecule has 4 N–H and O–H groups in total. The van der Waals surface area contributed by atoms with Crippen LogP contribution in [-0.4, -0.2) is 28.1 Å². The number of benzene rings is 4. The highest BCUT2D eigenvalue weighted by molar-refractivity contribution is 7.86. The molecule has 0 fully saturated rings. The first-order valence-electron chi connectivity index (χ1n) is 9.01. The van der Waals surface area contributed by atoms with Crippen molar-refractivity contribution in [1.82, 2.24) is 0 Å². The molecule has 0 bridgehead atoms. The maximum Gasteiger partial charge on any atom is 0.295 e. The fourth-order valence-corrected chi connectivity index (χ4v) is 3.88. The summed E-state index contributed by atoms with van der Waals surface area (Å²) in [6.45, 7) is 1.54. The Bertz CT molecular complexity index is 1480. The van der Waals surface area contributed by atoms with Crippen molar-refractivity contribution in [2.45, 2.75) is 11.8 Å². The van der Waals surface area contributed by atoms with Crippen molar-refractivity contribution < 1.29 is 28.1 Å². The average molecular weight is 455 g/mol. The lowest BCUT2D eigenvalue weighted by atomic mass is 10.0. The Balaban J connectivity index is 0.000000193. The molecular formula is C21H17N3O7S. The zero-order valence-corrected chi connectivity index (χ0v) is 17.4. The largest absolute Gasteiger partial charge is 0.508 e.